The number of aryl methyl sites for hydroxylation is 1. The predicted molar refractivity (Wildman–Crippen MR) is 38.5 cm³/mol. The van der Waals surface area contributed by atoms with Gasteiger partial charge in [0.2, 0.25) is 0 Å². The molecular formula is C8H12INO. The Bertz CT molecular complexity index is 198. The third-order valence-corrected chi connectivity index (χ3v) is 1.42. The number of pyridine rings is 1. The van der Waals surface area contributed by atoms with Gasteiger partial charge in [0.15, 0.2) is 18.9 Å². The monoisotopic (exact) mass is 265 g/mol. The Morgan fingerprint density at radius 1 is 1.36 bits per heavy atom. The summed E-state index contributed by atoms with van der Waals surface area (Å²) in [5.41, 5.74) is 1.24. The van der Waals surface area contributed by atoms with Gasteiger partial charge in [0.1, 0.15) is 6.61 Å². The summed E-state index contributed by atoms with van der Waals surface area (Å²) in [5, 5.41) is 8.57. The lowest BCUT2D eigenvalue weighted by Crippen LogP contribution is -3.00. The summed E-state index contributed by atoms with van der Waals surface area (Å²) in [4.78, 5) is 0. The fourth-order valence-electron chi connectivity index (χ4n) is 0.796. The highest BCUT2D eigenvalue weighted by molar-refractivity contribution is 5.03. The van der Waals surface area contributed by atoms with Crippen LogP contribution in [0.4, 0.5) is 0 Å². The van der Waals surface area contributed by atoms with Crippen molar-refractivity contribution in [2.75, 3.05) is 6.61 Å². The van der Waals surface area contributed by atoms with Crippen LogP contribution in [-0.2, 0) is 6.54 Å². The lowest BCUT2D eigenvalue weighted by atomic mass is 10.3. The van der Waals surface area contributed by atoms with Crippen molar-refractivity contribution in [3.63, 3.8) is 0 Å². The molecule has 0 aliphatic rings. The average Bonchev–Trinajstić information content (AvgIpc) is 1.95. The lowest BCUT2D eigenvalue weighted by Gasteiger charge is -1.92. The fraction of sp³-hybridized carbons (Fsp3) is 0.375. The summed E-state index contributed by atoms with van der Waals surface area (Å²) in [6.45, 7) is 2.93. The van der Waals surface area contributed by atoms with Gasteiger partial charge in [-0.1, -0.05) is 0 Å². The van der Waals surface area contributed by atoms with Crippen LogP contribution < -0.4 is 28.5 Å². The lowest BCUT2D eigenvalue weighted by molar-refractivity contribution is -0.698. The van der Waals surface area contributed by atoms with Crippen LogP contribution in [0.3, 0.4) is 0 Å². The Morgan fingerprint density at radius 3 is 2.36 bits per heavy atom. The third-order valence-electron chi connectivity index (χ3n) is 1.42. The van der Waals surface area contributed by atoms with Crippen LogP contribution in [0.25, 0.3) is 0 Å². The van der Waals surface area contributed by atoms with Crippen molar-refractivity contribution in [3.05, 3.63) is 30.1 Å². The van der Waals surface area contributed by atoms with E-state index in [2.05, 4.69) is 0 Å². The second-order valence-corrected chi connectivity index (χ2v) is 2.34. The van der Waals surface area contributed by atoms with Crippen LogP contribution >= 0.6 is 0 Å². The van der Waals surface area contributed by atoms with Gasteiger partial charge >= 0.3 is 0 Å². The normalized spacial score (nSPS) is 8.91. The molecule has 0 spiro atoms. The Labute approximate surface area is 83.9 Å². The Kier molecular flexibility index (Phi) is 5.41. The van der Waals surface area contributed by atoms with E-state index in [1.54, 1.807) is 0 Å². The van der Waals surface area contributed by atoms with Crippen LogP contribution in [0.1, 0.15) is 5.56 Å². The number of hydrogen-bond acceptors (Lipinski definition) is 1. The molecular weight excluding hydrogens is 253 g/mol. The number of aliphatic hydroxyl groups excluding tert-OH is 1. The van der Waals surface area contributed by atoms with Gasteiger partial charge < -0.3 is 29.1 Å². The molecule has 0 atom stereocenters. The van der Waals surface area contributed by atoms with E-state index in [0.717, 1.165) is 0 Å². The zero-order valence-corrected chi connectivity index (χ0v) is 8.65. The summed E-state index contributed by atoms with van der Waals surface area (Å²) < 4.78 is 1.95. The van der Waals surface area contributed by atoms with E-state index in [-0.39, 0.29) is 30.6 Å². The summed E-state index contributed by atoms with van der Waals surface area (Å²) in [6, 6.07) is 4.05. The van der Waals surface area contributed by atoms with Crippen LogP contribution in [0, 0.1) is 6.92 Å². The molecule has 0 unspecified atom stereocenters. The maximum absolute atomic E-state index is 8.57. The molecule has 1 N–H and O–H groups in total. The third kappa shape index (κ3) is 3.67. The number of nitrogens with zero attached hydrogens (tertiary/aromatic N) is 1. The van der Waals surface area contributed by atoms with Crippen LogP contribution in [0.15, 0.2) is 24.5 Å². The molecule has 1 rings (SSSR count). The second-order valence-electron chi connectivity index (χ2n) is 2.34. The van der Waals surface area contributed by atoms with Gasteiger partial charge in [-0.2, -0.15) is 0 Å². The summed E-state index contributed by atoms with van der Waals surface area (Å²) in [7, 11) is 0. The molecule has 3 heteroatoms. The number of aliphatic hydroxyl groups is 1. The van der Waals surface area contributed by atoms with E-state index >= 15 is 0 Å². The van der Waals surface area contributed by atoms with E-state index in [0.29, 0.717) is 6.54 Å². The topological polar surface area (TPSA) is 24.1 Å². The van der Waals surface area contributed by atoms with Gasteiger partial charge in [-0.05, 0) is 12.5 Å². The first-order chi connectivity index (χ1) is 4.83. The minimum atomic E-state index is 0. The van der Waals surface area contributed by atoms with Crippen molar-refractivity contribution in [3.8, 4) is 0 Å². The van der Waals surface area contributed by atoms with Gasteiger partial charge in [0, 0.05) is 12.1 Å². The molecule has 0 aromatic carbocycles. The van der Waals surface area contributed by atoms with Crippen molar-refractivity contribution in [2.24, 2.45) is 0 Å². The van der Waals surface area contributed by atoms with E-state index in [1.165, 1.54) is 5.56 Å². The number of hydrogen-bond donors (Lipinski definition) is 1. The molecule has 0 saturated carbocycles. The highest BCUT2D eigenvalue weighted by Crippen LogP contribution is 1.88. The molecule has 0 radical (unpaired) electrons. The highest BCUT2D eigenvalue weighted by atomic mass is 127. The molecule has 0 saturated heterocycles. The van der Waals surface area contributed by atoms with Crippen LogP contribution in [0.5, 0.6) is 0 Å². The molecule has 0 bridgehead atoms. The van der Waals surface area contributed by atoms with E-state index in [4.69, 9.17) is 5.11 Å². The van der Waals surface area contributed by atoms with Crippen molar-refractivity contribution >= 4 is 0 Å². The molecule has 0 amide bonds. The van der Waals surface area contributed by atoms with Crippen molar-refractivity contribution in [1.82, 2.24) is 0 Å². The smallest absolute Gasteiger partial charge is 0.171 e. The van der Waals surface area contributed by atoms with Gasteiger partial charge in [-0.15, -0.1) is 0 Å². The predicted octanol–water partition coefficient (Wildman–Crippen LogP) is -2.72. The van der Waals surface area contributed by atoms with E-state index < -0.39 is 0 Å². The molecule has 1 aromatic rings. The zero-order valence-electron chi connectivity index (χ0n) is 6.50. The summed E-state index contributed by atoms with van der Waals surface area (Å²) in [6.07, 6.45) is 3.93. The second kappa shape index (κ2) is 5.49. The van der Waals surface area contributed by atoms with E-state index in [9.17, 15) is 0 Å². The molecule has 2 nitrogen and oxygen atoms in total. The maximum Gasteiger partial charge on any atom is 0.171 e. The van der Waals surface area contributed by atoms with Gasteiger partial charge in [0.05, 0.1) is 0 Å². The van der Waals surface area contributed by atoms with Gasteiger partial charge in [-0.25, -0.2) is 4.57 Å². The minimum Gasteiger partial charge on any atom is -1.00 e. The van der Waals surface area contributed by atoms with Crippen molar-refractivity contribution in [2.45, 2.75) is 13.5 Å². The Morgan fingerprint density at radius 2 is 1.91 bits per heavy atom. The molecule has 0 aliphatic carbocycles. The first-order valence-electron chi connectivity index (χ1n) is 3.39. The zero-order chi connectivity index (χ0) is 7.40. The van der Waals surface area contributed by atoms with Crippen LogP contribution in [0.2, 0.25) is 0 Å². The van der Waals surface area contributed by atoms with Gasteiger partial charge in [-0.3, -0.25) is 0 Å². The quantitative estimate of drug-likeness (QED) is 0.456. The first-order valence-corrected chi connectivity index (χ1v) is 3.39. The largest absolute Gasteiger partial charge is 1.00 e. The fourth-order valence-corrected chi connectivity index (χ4v) is 0.796. The van der Waals surface area contributed by atoms with Crippen molar-refractivity contribution in [1.29, 1.82) is 0 Å². The average molecular weight is 265 g/mol. The minimum absolute atomic E-state index is 0. The molecule has 11 heavy (non-hydrogen) atoms. The number of halogens is 1. The standard InChI is InChI=1S/C8H12NO.HI/c1-8-2-4-9(5-3-8)6-7-10;/h2-5,10H,6-7H2,1H3;1H/q+1;/p-1. The summed E-state index contributed by atoms with van der Waals surface area (Å²) >= 11 is 0. The molecule has 1 heterocycles. The summed E-state index contributed by atoms with van der Waals surface area (Å²) in [5.74, 6) is 0. The van der Waals surface area contributed by atoms with Gasteiger partial charge in [0.25, 0.3) is 0 Å². The maximum atomic E-state index is 8.57. The molecule has 0 fully saturated rings. The molecule has 1 aromatic heterocycles. The number of rotatable bonds is 2. The van der Waals surface area contributed by atoms with Crippen molar-refractivity contribution < 1.29 is 33.7 Å². The highest BCUT2D eigenvalue weighted by Gasteiger charge is 1.94. The van der Waals surface area contributed by atoms with E-state index in [1.807, 2.05) is 36.0 Å². The number of aromatic nitrogens is 1. The van der Waals surface area contributed by atoms with Crippen LogP contribution in [-0.4, -0.2) is 11.7 Å². The Balaban J connectivity index is 0.000001000. The first kappa shape index (κ1) is 10.8. The molecule has 62 valence electrons. The Hall–Kier alpha value is -0.160. The SMILES string of the molecule is Cc1cc[n+](CCO)cc1.[I-]. The molecule has 0 aliphatic heterocycles.